The van der Waals surface area contributed by atoms with Gasteiger partial charge in [0, 0.05) is 17.0 Å². The lowest BCUT2D eigenvalue weighted by molar-refractivity contribution is 0.0996. The van der Waals surface area contributed by atoms with E-state index in [2.05, 4.69) is 15.0 Å². The summed E-state index contributed by atoms with van der Waals surface area (Å²) in [5, 5.41) is 1.87. The number of aromatic nitrogens is 3. The van der Waals surface area contributed by atoms with Gasteiger partial charge in [-0.3, -0.25) is 4.79 Å². The van der Waals surface area contributed by atoms with Crippen molar-refractivity contribution in [3.63, 3.8) is 0 Å². The molecule has 0 aliphatic carbocycles. The van der Waals surface area contributed by atoms with E-state index in [-0.39, 0.29) is 5.69 Å². The average molecular weight is 212 g/mol. The van der Waals surface area contributed by atoms with Gasteiger partial charge in [-0.05, 0) is 18.2 Å². The first-order valence-electron chi connectivity index (χ1n) is 4.78. The Balaban J connectivity index is 2.44. The first kappa shape index (κ1) is 8.84. The van der Waals surface area contributed by atoms with Gasteiger partial charge in [-0.1, -0.05) is 0 Å². The lowest BCUT2D eigenvalue weighted by Crippen LogP contribution is -2.12. The van der Waals surface area contributed by atoms with Gasteiger partial charge in [0.1, 0.15) is 11.3 Å². The van der Waals surface area contributed by atoms with E-state index >= 15 is 0 Å². The number of rotatable bonds is 1. The Morgan fingerprint density at radius 3 is 3.00 bits per heavy atom. The number of nitrogens with two attached hydrogens (primary N) is 1. The van der Waals surface area contributed by atoms with Crippen LogP contribution in [0.3, 0.4) is 0 Å². The van der Waals surface area contributed by atoms with Crippen LogP contribution in [0.25, 0.3) is 21.9 Å². The molecule has 0 aromatic carbocycles. The van der Waals surface area contributed by atoms with Crippen LogP contribution in [0.1, 0.15) is 10.5 Å². The summed E-state index contributed by atoms with van der Waals surface area (Å²) in [6.07, 6.45) is 3.30. The predicted molar refractivity (Wildman–Crippen MR) is 59.9 cm³/mol. The molecule has 16 heavy (non-hydrogen) atoms. The van der Waals surface area contributed by atoms with Crippen LogP contribution in [0.15, 0.2) is 30.6 Å². The van der Waals surface area contributed by atoms with Gasteiger partial charge < -0.3 is 10.7 Å². The summed E-state index contributed by atoms with van der Waals surface area (Å²) in [5.41, 5.74) is 7.08. The number of hydrogen-bond donors (Lipinski definition) is 2. The quantitative estimate of drug-likeness (QED) is 0.635. The molecule has 3 aromatic rings. The SMILES string of the molecule is NC(=O)c1cc2c(cn1)[nH]c1ncccc12. The van der Waals surface area contributed by atoms with Crippen LogP contribution >= 0.6 is 0 Å². The number of nitrogens with one attached hydrogen (secondary N) is 1. The van der Waals surface area contributed by atoms with Crippen LogP contribution in [-0.4, -0.2) is 20.9 Å². The van der Waals surface area contributed by atoms with E-state index in [0.717, 1.165) is 21.9 Å². The van der Waals surface area contributed by atoms with Crippen molar-refractivity contribution in [3.8, 4) is 0 Å². The molecule has 0 aliphatic rings. The van der Waals surface area contributed by atoms with E-state index in [1.807, 2.05) is 12.1 Å². The summed E-state index contributed by atoms with van der Waals surface area (Å²) in [7, 11) is 0. The van der Waals surface area contributed by atoms with Gasteiger partial charge in [-0.25, -0.2) is 9.97 Å². The molecule has 0 saturated carbocycles. The largest absolute Gasteiger partial charge is 0.364 e. The highest BCUT2D eigenvalue weighted by Crippen LogP contribution is 2.23. The topological polar surface area (TPSA) is 84.7 Å². The van der Waals surface area contributed by atoms with E-state index in [0.29, 0.717) is 0 Å². The Hall–Kier alpha value is -2.43. The zero-order valence-corrected chi connectivity index (χ0v) is 8.27. The van der Waals surface area contributed by atoms with Gasteiger partial charge in [-0.15, -0.1) is 0 Å². The van der Waals surface area contributed by atoms with Crippen LogP contribution < -0.4 is 5.73 Å². The van der Waals surface area contributed by atoms with E-state index < -0.39 is 5.91 Å². The Morgan fingerprint density at radius 1 is 1.31 bits per heavy atom. The van der Waals surface area contributed by atoms with Gasteiger partial charge in [0.15, 0.2) is 0 Å². The van der Waals surface area contributed by atoms with E-state index in [1.54, 1.807) is 18.5 Å². The number of hydrogen-bond acceptors (Lipinski definition) is 3. The first-order valence-corrected chi connectivity index (χ1v) is 4.78. The minimum Gasteiger partial charge on any atom is -0.364 e. The van der Waals surface area contributed by atoms with Crippen molar-refractivity contribution in [1.82, 2.24) is 15.0 Å². The third kappa shape index (κ3) is 1.15. The number of carbonyl (C=O) groups excluding carboxylic acids is 1. The third-order valence-electron chi connectivity index (χ3n) is 2.51. The maximum atomic E-state index is 11.0. The summed E-state index contributed by atoms with van der Waals surface area (Å²) in [6.45, 7) is 0. The van der Waals surface area contributed by atoms with Crippen molar-refractivity contribution in [3.05, 3.63) is 36.3 Å². The van der Waals surface area contributed by atoms with Crippen LogP contribution in [0.2, 0.25) is 0 Å². The Labute approximate surface area is 90.3 Å². The van der Waals surface area contributed by atoms with Crippen molar-refractivity contribution in [2.75, 3.05) is 0 Å². The zero-order valence-electron chi connectivity index (χ0n) is 8.27. The fourth-order valence-electron chi connectivity index (χ4n) is 1.76. The van der Waals surface area contributed by atoms with Crippen molar-refractivity contribution in [2.24, 2.45) is 5.73 Å². The normalized spacial score (nSPS) is 11.0. The number of aromatic amines is 1. The number of carbonyl (C=O) groups is 1. The standard InChI is InChI=1S/C11H8N4O/c12-10(16)8-4-7-6-2-1-3-13-11(6)15-9(7)5-14-8/h1-5H,(H2,12,16)(H,13,15). The molecule has 78 valence electrons. The monoisotopic (exact) mass is 212 g/mol. The van der Waals surface area contributed by atoms with Crippen LogP contribution in [-0.2, 0) is 0 Å². The molecule has 1 amide bonds. The fourth-order valence-corrected chi connectivity index (χ4v) is 1.76. The summed E-state index contributed by atoms with van der Waals surface area (Å²) in [4.78, 5) is 22.3. The Bertz CT molecular complexity index is 701. The van der Waals surface area contributed by atoms with Crippen molar-refractivity contribution in [2.45, 2.75) is 0 Å². The molecule has 0 saturated heterocycles. The molecule has 0 unspecified atom stereocenters. The molecular weight excluding hydrogens is 204 g/mol. The first-order chi connectivity index (χ1) is 7.75. The molecule has 0 spiro atoms. The second-order valence-corrected chi connectivity index (χ2v) is 3.50. The number of H-pyrrole nitrogens is 1. The second-order valence-electron chi connectivity index (χ2n) is 3.50. The molecule has 0 bridgehead atoms. The number of fused-ring (bicyclic) bond motifs is 3. The molecule has 0 fully saturated rings. The van der Waals surface area contributed by atoms with Gasteiger partial charge in [0.25, 0.3) is 5.91 Å². The summed E-state index contributed by atoms with van der Waals surface area (Å²) in [5.74, 6) is -0.528. The van der Waals surface area contributed by atoms with Crippen molar-refractivity contribution in [1.29, 1.82) is 0 Å². The molecule has 3 aromatic heterocycles. The number of amides is 1. The Kier molecular flexibility index (Phi) is 1.67. The highest BCUT2D eigenvalue weighted by molar-refractivity contribution is 6.07. The minimum atomic E-state index is -0.528. The second kappa shape index (κ2) is 3.03. The van der Waals surface area contributed by atoms with Crippen LogP contribution in [0.4, 0.5) is 0 Å². The van der Waals surface area contributed by atoms with Crippen molar-refractivity contribution < 1.29 is 4.79 Å². The summed E-state index contributed by atoms with van der Waals surface area (Å²) < 4.78 is 0. The van der Waals surface area contributed by atoms with E-state index in [1.165, 1.54) is 0 Å². The maximum Gasteiger partial charge on any atom is 0.267 e. The molecule has 3 N–H and O–H groups in total. The lowest BCUT2D eigenvalue weighted by Gasteiger charge is -1.94. The van der Waals surface area contributed by atoms with Crippen molar-refractivity contribution >= 4 is 27.8 Å². The predicted octanol–water partition coefficient (Wildman–Crippen LogP) is 1.21. The highest BCUT2D eigenvalue weighted by atomic mass is 16.1. The molecule has 0 aliphatic heterocycles. The van der Waals surface area contributed by atoms with Gasteiger partial charge in [-0.2, -0.15) is 0 Å². The van der Waals surface area contributed by atoms with E-state index in [9.17, 15) is 4.79 Å². The van der Waals surface area contributed by atoms with Crippen LogP contribution in [0, 0.1) is 0 Å². The molecule has 5 nitrogen and oxygen atoms in total. The number of nitrogens with zero attached hydrogens (tertiary/aromatic N) is 2. The Morgan fingerprint density at radius 2 is 2.19 bits per heavy atom. The summed E-state index contributed by atoms with van der Waals surface area (Å²) in [6, 6.07) is 5.46. The van der Waals surface area contributed by atoms with Gasteiger partial charge in [0.2, 0.25) is 0 Å². The number of pyridine rings is 2. The fraction of sp³-hybridized carbons (Fsp3) is 0. The highest BCUT2D eigenvalue weighted by Gasteiger charge is 2.08. The maximum absolute atomic E-state index is 11.0. The smallest absolute Gasteiger partial charge is 0.267 e. The minimum absolute atomic E-state index is 0.261. The summed E-state index contributed by atoms with van der Waals surface area (Å²) >= 11 is 0. The molecular formula is C11H8N4O. The molecule has 0 radical (unpaired) electrons. The lowest BCUT2D eigenvalue weighted by atomic mass is 10.2. The van der Waals surface area contributed by atoms with Gasteiger partial charge >= 0.3 is 0 Å². The molecule has 3 rings (SSSR count). The average Bonchev–Trinajstić information content (AvgIpc) is 2.66. The molecule has 5 heteroatoms. The van der Waals surface area contributed by atoms with E-state index in [4.69, 9.17) is 5.73 Å². The molecule has 0 atom stereocenters. The molecule has 3 heterocycles. The van der Waals surface area contributed by atoms with Gasteiger partial charge in [0.05, 0.1) is 11.7 Å². The van der Waals surface area contributed by atoms with Crippen LogP contribution in [0.5, 0.6) is 0 Å². The number of primary amides is 1. The third-order valence-corrected chi connectivity index (χ3v) is 2.51. The zero-order chi connectivity index (χ0) is 11.1.